The second-order valence-corrected chi connectivity index (χ2v) is 9.58. The summed E-state index contributed by atoms with van der Waals surface area (Å²) in [6, 6.07) is 13.4. The van der Waals surface area contributed by atoms with E-state index >= 15 is 0 Å². The quantitative estimate of drug-likeness (QED) is 0.735. The molecule has 164 valence electrons. The van der Waals surface area contributed by atoms with Gasteiger partial charge in [0.25, 0.3) is 5.91 Å². The second-order valence-electron chi connectivity index (χ2n) is 7.65. The third-order valence-electron chi connectivity index (χ3n) is 5.17. The van der Waals surface area contributed by atoms with E-state index in [1.807, 2.05) is 13.8 Å². The molecule has 9 heteroatoms. The van der Waals surface area contributed by atoms with Crippen molar-refractivity contribution in [2.24, 2.45) is 0 Å². The maximum atomic E-state index is 13.0. The summed E-state index contributed by atoms with van der Waals surface area (Å²) in [5.41, 5.74) is 0.807. The summed E-state index contributed by atoms with van der Waals surface area (Å²) in [5.74, 6) is -0.233. The molecule has 31 heavy (non-hydrogen) atoms. The van der Waals surface area contributed by atoms with Crippen LogP contribution in [0.3, 0.4) is 0 Å². The predicted molar refractivity (Wildman–Crippen MR) is 116 cm³/mol. The van der Waals surface area contributed by atoms with Gasteiger partial charge in [-0.15, -0.1) is 0 Å². The van der Waals surface area contributed by atoms with Gasteiger partial charge in [-0.25, -0.2) is 8.42 Å². The fourth-order valence-electron chi connectivity index (χ4n) is 3.19. The minimum absolute atomic E-state index is 0.0199. The Morgan fingerprint density at radius 3 is 2.39 bits per heavy atom. The largest absolute Gasteiger partial charge is 0.496 e. The minimum atomic E-state index is -3.75. The number of nitriles is 1. The van der Waals surface area contributed by atoms with Gasteiger partial charge >= 0.3 is 0 Å². The lowest BCUT2D eigenvalue weighted by atomic mass is 9.86. The van der Waals surface area contributed by atoms with Crippen LogP contribution in [0.2, 0.25) is 0 Å². The topological polar surface area (TPSA) is 109 Å². The van der Waals surface area contributed by atoms with Crippen LogP contribution in [0, 0.1) is 11.3 Å². The zero-order chi connectivity index (χ0) is 22.6. The first-order valence-corrected chi connectivity index (χ1v) is 11.2. The number of benzene rings is 2. The molecular formula is C22H25N3O5S. The molecule has 1 saturated heterocycles. The van der Waals surface area contributed by atoms with Gasteiger partial charge < -0.3 is 14.8 Å². The number of nitrogens with zero attached hydrogens (tertiary/aromatic N) is 2. The first-order chi connectivity index (χ1) is 14.7. The van der Waals surface area contributed by atoms with Gasteiger partial charge in [0.2, 0.25) is 10.0 Å². The van der Waals surface area contributed by atoms with Gasteiger partial charge in [-0.05, 0) is 49.7 Å². The SMILES string of the molecule is COc1ccc(S(=O)(=O)N2CCOCC2)cc1C(=O)Nc1ccc(C(C)(C)C#N)cc1. The van der Waals surface area contributed by atoms with Crippen molar-refractivity contribution in [1.82, 2.24) is 4.31 Å². The van der Waals surface area contributed by atoms with E-state index in [1.165, 1.54) is 29.6 Å². The van der Waals surface area contributed by atoms with Gasteiger partial charge in [0.1, 0.15) is 5.75 Å². The van der Waals surface area contributed by atoms with Crippen LogP contribution in [0.25, 0.3) is 0 Å². The fourth-order valence-corrected chi connectivity index (χ4v) is 4.63. The van der Waals surface area contributed by atoms with Gasteiger partial charge in [0.15, 0.2) is 0 Å². The number of nitrogens with one attached hydrogen (secondary N) is 1. The third kappa shape index (κ3) is 4.88. The van der Waals surface area contributed by atoms with Gasteiger partial charge in [0.05, 0.1) is 42.3 Å². The molecule has 1 fully saturated rings. The normalized spacial score (nSPS) is 15.2. The molecule has 2 aromatic rings. The van der Waals surface area contributed by atoms with Gasteiger partial charge in [-0.1, -0.05) is 12.1 Å². The monoisotopic (exact) mass is 443 g/mol. The highest BCUT2D eigenvalue weighted by molar-refractivity contribution is 7.89. The van der Waals surface area contributed by atoms with Gasteiger partial charge in [-0.2, -0.15) is 9.57 Å². The summed E-state index contributed by atoms with van der Waals surface area (Å²) in [6.45, 7) is 4.82. The van der Waals surface area contributed by atoms with E-state index in [-0.39, 0.29) is 29.3 Å². The second kappa shape index (κ2) is 9.06. The van der Waals surface area contributed by atoms with Crippen molar-refractivity contribution >= 4 is 21.6 Å². The molecule has 0 bridgehead atoms. The van der Waals surface area contributed by atoms with Crippen molar-refractivity contribution in [2.75, 3.05) is 38.7 Å². The number of morpholine rings is 1. The number of hydrogen-bond donors (Lipinski definition) is 1. The van der Waals surface area contributed by atoms with Crippen molar-refractivity contribution in [2.45, 2.75) is 24.2 Å². The van der Waals surface area contributed by atoms with Crippen LogP contribution >= 0.6 is 0 Å². The Balaban J connectivity index is 1.87. The summed E-state index contributed by atoms with van der Waals surface area (Å²) in [4.78, 5) is 12.9. The molecule has 0 radical (unpaired) electrons. The molecule has 1 heterocycles. The summed E-state index contributed by atoms with van der Waals surface area (Å²) < 4.78 is 37.7. The number of sulfonamides is 1. The van der Waals surface area contributed by atoms with E-state index in [9.17, 15) is 18.5 Å². The molecular weight excluding hydrogens is 418 g/mol. The number of ether oxygens (including phenoxy) is 2. The highest BCUT2D eigenvalue weighted by Crippen LogP contribution is 2.27. The highest BCUT2D eigenvalue weighted by Gasteiger charge is 2.28. The molecule has 0 unspecified atom stereocenters. The zero-order valence-corrected chi connectivity index (χ0v) is 18.5. The fraction of sp³-hybridized carbons (Fsp3) is 0.364. The number of carbonyl (C=O) groups excluding carboxylic acids is 1. The van der Waals surface area contributed by atoms with Gasteiger partial charge in [-0.3, -0.25) is 4.79 Å². The minimum Gasteiger partial charge on any atom is -0.496 e. The Bertz CT molecular complexity index is 1100. The molecule has 1 amide bonds. The molecule has 0 saturated carbocycles. The molecule has 8 nitrogen and oxygen atoms in total. The number of carbonyl (C=O) groups is 1. The molecule has 1 aliphatic rings. The van der Waals surface area contributed by atoms with Crippen LogP contribution in [0.1, 0.15) is 29.8 Å². The maximum Gasteiger partial charge on any atom is 0.259 e. The van der Waals surface area contributed by atoms with E-state index < -0.39 is 21.3 Å². The molecule has 0 aromatic heterocycles. The average Bonchev–Trinajstić information content (AvgIpc) is 2.79. The predicted octanol–water partition coefficient (Wildman–Crippen LogP) is 2.77. The van der Waals surface area contributed by atoms with Crippen molar-refractivity contribution in [3.8, 4) is 11.8 Å². The highest BCUT2D eigenvalue weighted by atomic mass is 32.2. The van der Waals surface area contributed by atoms with Gasteiger partial charge in [0, 0.05) is 18.8 Å². The maximum absolute atomic E-state index is 13.0. The number of methoxy groups -OCH3 is 1. The Labute approximate surface area is 182 Å². The standard InChI is InChI=1S/C22H25N3O5S/c1-22(2,15-23)16-4-6-17(7-5-16)24-21(26)19-14-18(8-9-20(19)29-3)31(27,28)25-10-12-30-13-11-25/h4-9,14H,10-13H2,1-3H3,(H,24,26). The molecule has 2 aromatic carbocycles. The zero-order valence-electron chi connectivity index (χ0n) is 17.7. The smallest absolute Gasteiger partial charge is 0.259 e. The lowest BCUT2D eigenvalue weighted by Gasteiger charge is -2.26. The molecule has 0 spiro atoms. The van der Waals surface area contributed by atoms with Crippen LogP contribution in [-0.4, -0.2) is 52.0 Å². The van der Waals surface area contributed by atoms with E-state index in [1.54, 1.807) is 24.3 Å². The van der Waals surface area contributed by atoms with E-state index in [4.69, 9.17) is 9.47 Å². The first kappa shape index (κ1) is 22.7. The Morgan fingerprint density at radius 1 is 1.16 bits per heavy atom. The molecule has 1 aliphatic heterocycles. The Morgan fingerprint density at radius 2 is 1.81 bits per heavy atom. The number of hydrogen-bond acceptors (Lipinski definition) is 6. The van der Waals surface area contributed by atoms with Crippen LogP contribution < -0.4 is 10.1 Å². The van der Waals surface area contributed by atoms with E-state index in [2.05, 4.69) is 11.4 Å². The first-order valence-electron chi connectivity index (χ1n) is 9.78. The van der Waals surface area contributed by atoms with Crippen molar-refractivity contribution in [1.29, 1.82) is 5.26 Å². The summed E-state index contributed by atoms with van der Waals surface area (Å²) in [7, 11) is -2.34. The van der Waals surface area contributed by atoms with Crippen molar-refractivity contribution in [3.63, 3.8) is 0 Å². The van der Waals surface area contributed by atoms with Crippen LogP contribution in [0.5, 0.6) is 5.75 Å². The van der Waals surface area contributed by atoms with Crippen molar-refractivity contribution in [3.05, 3.63) is 53.6 Å². The molecule has 0 aliphatic carbocycles. The van der Waals surface area contributed by atoms with Crippen LogP contribution in [0.15, 0.2) is 47.4 Å². The summed E-state index contributed by atoms with van der Waals surface area (Å²) in [5, 5.41) is 12.0. The van der Waals surface area contributed by atoms with E-state index in [0.29, 0.717) is 18.9 Å². The lowest BCUT2D eigenvalue weighted by molar-refractivity contribution is 0.0730. The van der Waals surface area contributed by atoms with Crippen molar-refractivity contribution < 1.29 is 22.7 Å². The van der Waals surface area contributed by atoms with Crippen LogP contribution in [0.4, 0.5) is 5.69 Å². The van der Waals surface area contributed by atoms with Crippen LogP contribution in [-0.2, 0) is 20.2 Å². The third-order valence-corrected chi connectivity index (χ3v) is 7.06. The molecule has 3 rings (SSSR count). The molecule has 1 N–H and O–H groups in total. The average molecular weight is 444 g/mol. The molecule has 0 atom stereocenters. The number of rotatable bonds is 6. The Hall–Kier alpha value is -2.93. The Kier molecular flexibility index (Phi) is 6.65. The number of anilines is 1. The lowest BCUT2D eigenvalue weighted by Crippen LogP contribution is -2.40. The van der Waals surface area contributed by atoms with E-state index in [0.717, 1.165) is 5.56 Å². The summed E-state index contributed by atoms with van der Waals surface area (Å²) in [6.07, 6.45) is 0. The summed E-state index contributed by atoms with van der Waals surface area (Å²) >= 11 is 0. The number of amides is 1.